The number of aromatic nitrogens is 2. The molecule has 3 aromatic rings. The van der Waals surface area contributed by atoms with Crippen molar-refractivity contribution in [3.63, 3.8) is 0 Å². The Labute approximate surface area is 184 Å². The predicted molar refractivity (Wildman–Crippen MR) is 124 cm³/mol. The fraction of sp³-hybridized carbons (Fsp3) is 0.333. The second-order valence-corrected chi connectivity index (χ2v) is 6.96. The van der Waals surface area contributed by atoms with Gasteiger partial charge in [0.15, 0.2) is 17.5 Å². The van der Waals surface area contributed by atoms with Crippen LogP contribution >= 0.6 is 0 Å². The van der Waals surface area contributed by atoms with E-state index in [4.69, 9.17) is 9.47 Å². The van der Waals surface area contributed by atoms with Gasteiger partial charge in [0.2, 0.25) is 0 Å². The molecule has 2 N–H and O–H groups in total. The van der Waals surface area contributed by atoms with Crippen molar-refractivity contribution in [1.82, 2.24) is 20.4 Å². The largest absolute Gasteiger partial charge is 0.493 e. The number of nitrogens with zero attached hydrogens (tertiary/aromatic N) is 3. The maximum Gasteiger partial charge on any atom is 0.191 e. The first-order valence-corrected chi connectivity index (χ1v) is 10.6. The van der Waals surface area contributed by atoms with Gasteiger partial charge in [0, 0.05) is 19.8 Å². The monoisotopic (exact) mass is 421 g/mol. The smallest absolute Gasteiger partial charge is 0.191 e. The number of aryl methyl sites for hydroxylation is 1. The molecule has 1 heterocycles. The number of ether oxygens (including phenoxy) is 2. The van der Waals surface area contributed by atoms with Crippen molar-refractivity contribution in [2.75, 3.05) is 27.3 Å². The zero-order valence-electron chi connectivity index (χ0n) is 18.5. The number of methoxy groups -OCH3 is 1. The maximum absolute atomic E-state index is 5.66. The summed E-state index contributed by atoms with van der Waals surface area (Å²) in [6, 6.07) is 18.2. The third kappa shape index (κ3) is 6.50. The Morgan fingerprint density at radius 3 is 2.65 bits per heavy atom. The highest BCUT2D eigenvalue weighted by atomic mass is 16.5. The Bertz CT molecular complexity index is 969. The van der Waals surface area contributed by atoms with E-state index in [-0.39, 0.29) is 0 Å². The van der Waals surface area contributed by atoms with Gasteiger partial charge in [-0.3, -0.25) is 4.99 Å². The third-order valence-electron chi connectivity index (χ3n) is 4.79. The van der Waals surface area contributed by atoms with Crippen LogP contribution in [0, 0.1) is 0 Å². The zero-order valence-corrected chi connectivity index (χ0v) is 18.5. The molecule has 0 saturated carbocycles. The van der Waals surface area contributed by atoms with Crippen LogP contribution in [0.4, 0.5) is 0 Å². The molecule has 0 aliphatic rings. The first-order chi connectivity index (χ1) is 15.2. The van der Waals surface area contributed by atoms with Crippen LogP contribution in [0.1, 0.15) is 24.6 Å². The summed E-state index contributed by atoms with van der Waals surface area (Å²) >= 11 is 0. The van der Waals surface area contributed by atoms with Crippen molar-refractivity contribution in [3.8, 4) is 17.2 Å². The summed E-state index contributed by atoms with van der Waals surface area (Å²) in [6.45, 7) is 4.01. The minimum atomic E-state index is 0.607. The van der Waals surface area contributed by atoms with Crippen LogP contribution in [0.2, 0.25) is 0 Å². The van der Waals surface area contributed by atoms with Gasteiger partial charge >= 0.3 is 0 Å². The lowest BCUT2D eigenvalue weighted by Crippen LogP contribution is -2.37. The molecule has 0 amide bonds. The molecule has 0 fully saturated rings. The topological polar surface area (TPSA) is 72.7 Å². The van der Waals surface area contributed by atoms with Gasteiger partial charge in [0.25, 0.3) is 0 Å². The molecule has 1 aromatic heterocycles. The summed E-state index contributed by atoms with van der Waals surface area (Å²) in [5.41, 5.74) is 3.22. The van der Waals surface area contributed by atoms with Crippen molar-refractivity contribution in [1.29, 1.82) is 0 Å². The summed E-state index contributed by atoms with van der Waals surface area (Å²) < 4.78 is 12.9. The molecule has 7 heteroatoms. The molecule has 0 atom stereocenters. The van der Waals surface area contributed by atoms with Gasteiger partial charge in [0.1, 0.15) is 0 Å². The van der Waals surface area contributed by atoms with Crippen LogP contribution in [-0.4, -0.2) is 43.0 Å². The fourth-order valence-electron chi connectivity index (χ4n) is 3.22. The van der Waals surface area contributed by atoms with Crippen LogP contribution in [0.25, 0.3) is 5.69 Å². The maximum atomic E-state index is 5.66. The second-order valence-electron chi connectivity index (χ2n) is 6.96. The van der Waals surface area contributed by atoms with E-state index in [0.29, 0.717) is 13.2 Å². The summed E-state index contributed by atoms with van der Waals surface area (Å²) in [6.07, 6.45) is 3.88. The van der Waals surface area contributed by atoms with Gasteiger partial charge in [0.05, 0.1) is 31.6 Å². The van der Waals surface area contributed by atoms with Crippen LogP contribution in [0.3, 0.4) is 0 Å². The van der Waals surface area contributed by atoms with Gasteiger partial charge < -0.3 is 20.1 Å². The Morgan fingerprint density at radius 1 is 1.06 bits per heavy atom. The third-order valence-corrected chi connectivity index (χ3v) is 4.79. The predicted octanol–water partition coefficient (Wildman–Crippen LogP) is 3.58. The lowest BCUT2D eigenvalue weighted by molar-refractivity contribution is 0.310. The van der Waals surface area contributed by atoms with Crippen LogP contribution in [0.5, 0.6) is 11.5 Å². The van der Waals surface area contributed by atoms with Gasteiger partial charge in [-0.05, 0) is 55.7 Å². The zero-order chi connectivity index (χ0) is 21.9. The summed E-state index contributed by atoms with van der Waals surface area (Å²) in [5, 5.41) is 11.3. The number of hydrogen-bond acceptors (Lipinski definition) is 4. The number of guanidine groups is 1. The van der Waals surface area contributed by atoms with E-state index in [2.05, 4.69) is 32.9 Å². The van der Waals surface area contributed by atoms with E-state index < -0.39 is 0 Å². The number of hydrogen-bond donors (Lipinski definition) is 2. The van der Waals surface area contributed by atoms with E-state index in [0.717, 1.165) is 48.2 Å². The van der Waals surface area contributed by atoms with Crippen molar-refractivity contribution >= 4 is 5.96 Å². The van der Waals surface area contributed by atoms with Gasteiger partial charge in [-0.15, -0.1) is 0 Å². The number of benzene rings is 2. The fourth-order valence-corrected chi connectivity index (χ4v) is 3.22. The Hall–Kier alpha value is -3.48. The summed E-state index contributed by atoms with van der Waals surface area (Å²) in [4.78, 5) is 4.30. The van der Waals surface area contributed by atoms with E-state index in [1.165, 1.54) is 5.56 Å². The van der Waals surface area contributed by atoms with E-state index >= 15 is 0 Å². The van der Waals surface area contributed by atoms with Crippen LogP contribution < -0.4 is 20.1 Å². The molecule has 31 heavy (non-hydrogen) atoms. The molecule has 0 saturated heterocycles. The lowest BCUT2D eigenvalue weighted by Gasteiger charge is -2.12. The van der Waals surface area contributed by atoms with E-state index in [9.17, 15) is 0 Å². The standard InChI is InChI=1S/C24H31N5O2/c1-4-31-23-17-19(12-13-22(23)30-3)9-8-15-26-24(25-2)27-18-20-14-16-29(28-20)21-10-6-5-7-11-21/h5-7,10-14,16-17H,4,8-9,15,18H2,1-3H3,(H2,25,26,27). The summed E-state index contributed by atoms with van der Waals surface area (Å²) in [5.74, 6) is 2.32. The molecular weight excluding hydrogens is 390 g/mol. The average Bonchev–Trinajstić information content (AvgIpc) is 3.29. The lowest BCUT2D eigenvalue weighted by atomic mass is 10.1. The van der Waals surface area contributed by atoms with Crippen molar-refractivity contribution in [3.05, 3.63) is 72.1 Å². The molecule has 0 aliphatic carbocycles. The SMILES string of the molecule is CCOc1cc(CCCNC(=NC)NCc2ccn(-c3ccccc3)n2)ccc1OC. The molecule has 3 rings (SSSR count). The van der Waals surface area contributed by atoms with Crippen LogP contribution in [-0.2, 0) is 13.0 Å². The highest BCUT2D eigenvalue weighted by molar-refractivity contribution is 5.79. The first-order valence-electron chi connectivity index (χ1n) is 10.6. The Kier molecular flexibility index (Phi) is 8.34. The molecule has 0 radical (unpaired) electrons. The molecule has 0 unspecified atom stereocenters. The molecular formula is C24H31N5O2. The molecule has 0 aliphatic heterocycles. The molecule has 7 nitrogen and oxygen atoms in total. The minimum absolute atomic E-state index is 0.607. The highest BCUT2D eigenvalue weighted by Gasteiger charge is 2.06. The molecule has 2 aromatic carbocycles. The van der Waals surface area contributed by atoms with Crippen molar-refractivity contribution in [2.45, 2.75) is 26.3 Å². The van der Waals surface area contributed by atoms with E-state index in [1.807, 2.05) is 60.3 Å². The quantitative estimate of drug-likeness (QED) is 0.297. The number of para-hydroxylation sites is 1. The molecule has 164 valence electrons. The number of rotatable bonds is 10. The minimum Gasteiger partial charge on any atom is -0.493 e. The van der Waals surface area contributed by atoms with Gasteiger partial charge in [-0.1, -0.05) is 24.3 Å². The Morgan fingerprint density at radius 2 is 1.90 bits per heavy atom. The van der Waals surface area contributed by atoms with Gasteiger partial charge in [-0.2, -0.15) is 5.10 Å². The average molecular weight is 422 g/mol. The second kappa shape index (κ2) is 11.6. The Balaban J connectivity index is 1.43. The van der Waals surface area contributed by atoms with Crippen LogP contribution in [0.15, 0.2) is 65.8 Å². The van der Waals surface area contributed by atoms with E-state index in [1.54, 1.807) is 14.2 Å². The van der Waals surface area contributed by atoms with Crippen molar-refractivity contribution < 1.29 is 9.47 Å². The highest BCUT2D eigenvalue weighted by Crippen LogP contribution is 2.28. The van der Waals surface area contributed by atoms with Crippen molar-refractivity contribution in [2.24, 2.45) is 4.99 Å². The number of aliphatic imine (C=N–C) groups is 1. The summed E-state index contributed by atoms with van der Waals surface area (Å²) in [7, 11) is 3.43. The van der Waals surface area contributed by atoms with Gasteiger partial charge in [-0.25, -0.2) is 4.68 Å². The molecule has 0 bridgehead atoms. The molecule has 0 spiro atoms. The normalized spacial score (nSPS) is 11.3. The first kappa shape index (κ1) is 22.2. The number of nitrogens with one attached hydrogen (secondary N) is 2.